The Morgan fingerprint density at radius 1 is 1.05 bits per heavy atom. The lowest BCUT2D eigenvalue weighted by Crippen LogP contribution is -2.11. The van der Waals surface area contributed by atoms with Crippen LogP contribution in [0.15, 0.2) is 29.1 Å². The van der Waals surface area contributed by atoms with Gasteiger partial charge in [-0.1, -0.05) is 44.7 Å². The molecule has 1 aromatic heterocycles. The van der Waals surface area contributed by atoms with Gasteiger partial charge in [0.1, 0.15) is 0 Å². The number of rotatable bonds is 6. The van der Waals surface area contributed by atoms with Crippen LogP contribution in [0.2, 0.25) is 0 Å². The normalized spacial score (nSPS) is 11.1. The van der Waals surface area contributed by atoms with Crippen molar-refractivity contribution in [2.45, 2.75) is 52.4 Å². The van der Waals surface area contributed by atoms with Crippen molar-refractivity contribution in [3.8, 4) is 0 Å². The molecule has 1 aromatic carbocycles. The molecule has 19 heavy (non-hydrogen) atoms. The smallest absolute Gasteiger partial charge is 0.192 e. The second kappa shape index (κ2) is 6.55. The molecule has 0 fully saturated rings. The molecule has 2 aromatic rings. The molecule has 2 heteroatoms. The van der Waals surface area contributed by atoms with Gasteiger partial charge >= 0.3 is 0 Å². The summed E-state index contributed by atoms with van der Waals surface area (Å²) >= 11 is 0. The number of pyridine rings is 1. The third kappa shape index (κ3) is 3.25. The number of hydrogen-bond acceptors (Lipinski definition) is 1. The van der Waals surface area contributed by atoms with E-state index in [1.165, 1.54) is 25.7 Å². The summed E-state index contributed by atoms with van der Waals surface area (Å²) in [5.74, 6) is 0. The van der Waals surface area contributed by atoms with Gasteiger partial charge in [-0.15, -0.1) is 0 Å². The molecular formula is C17H23NO. The lowest BCUT2D eigenvalue weighted by atomic mass is 10.0. The molecule has 0 amide bonds. The van der Waals surface area contributed by atoms with Gasteiger partial charge in [-0.05, 0) is 31.9 Å². The second-order valence-corrected chi connectivity index (χ2v) is 5.27. The third-order valence-electron chi connectivity index (χ3n) is 3.78. The van der Waals surface area contributed by atoms with Crippen LogP contribution < -0.4 is 5.43 Å². The molecule has 0 radical (unpaired) electrons. The predicted octanol–water partition coefficient (Wildman–Crippen LogP) is 4.35. The SMILES string of the molecule is CCCCCCCc1[nH]c2ccccc2c(=O)c1C. The first-order valence-electron chi connectivity index (χ1n) is 7.34. The van der Waals surface area contributed by atoms with Gasteiger partial charge in [0.05, 0.1) is 0 Å². The highest BCUT2D eigenvalue weighted by Crippen LogP contribution is 2.13. The summed E-state index contributed by atoms with van der Waals surface area (Å²) in [5, 5.41) is 0.801. The minimum Gasteiger partial charge on any atom is -0.358 e. The Labute approximate surface area is 114 Å². The largest absolute Gasteiger partial charge is 0.358 e. The van der Waals surface area contributed by atoms with E-state index in [0.717, 1.165) is 35.0 Å². The monoisotopic (exact) mass is 257 g/mol. The average molecular weight is 257 g/mol. The molecule has 2 rings (SSSR count). The summed E-state index contributed by atoms with van der Waals surface area (Å²) in [6.07, 6.45) is 7.28. The van der Waals surface area contributed by atoms with E-state index in [9.17, 15) is 4.79 Å². The van der Waals surface area contributed by atoms with Crippen molar-refractivity contribution in [1.29, 1.82) is 0 Å². The summed E-state index contributed by atoms with van der Waals surface area (Å²) in [5.41, 5.74) is 3.13. The van der Waals surface area contributed by atoms with E-state index in [1.54, 1.807) is 0 Å². The quantitative estimate of drug-likeness (QED) is 0.767. The summed E-state index contributed by atoms with van der Waals surface area (Å²) in [6.45, 7) is 4.16. The number of H-pyrrole nitrogens is 1. The van der Waals surface area contributed by atoms with Crippen molar-refractivity contribution in [3.63, 3.8) is 0 Å². The van der Waals surface area contributed by atoms with Crippen LogP contribution in [0.5, 0.6) is 0 Å². The highest BCUT2D eigenvalue weighted by molar-refractivity contribution is 5.79. The first-order chi connectivity index (χ1) is 9.24. The van der Waals surface area contributed by atoms with Crippen molar-refractivity contribution in [2.24, 2.45) is 0 Å². The Hall–Kier alpha value is -1.57. The lowest BCUT2D eigenvalue weighted by Gasteiger charge is -2.08. The molecule has 0 spiro atoms. The maximum atomic E-state index is 12.3. The van der Waals surface area contributed by atoms with Gasteiger partial charge in [-0.2, -0.15) is 0 Å². The number of hydrogen-bond donors (Lipinski definition) is 1. The van der Waals surface area contributed by atoms with Gasteiger partial charge in [0, 0.05) is 22.2 Å². The molecule has 0 atom stereocenters. The Morgan fingerprint density at radius 3 is 2.58 bits per heavy atom. The average Bonchev–Trinajstić information content (AvgIpc) is 2.44. The Balaban J connectivity index is 2.15. The first-order valence-corrected chi connectivity index (χ1v) is 7.34. The Bertz CT molecular complexity index is 598. The van der Waals surface area contributed by atoms with Crippen LogP contribution in [0.25, 0.3) is 10.9 Å². The zero-order valence-corrected chi connectivity index (χ0v) is 12.0. The molecule has 1 N–H and O–H groups in total. The van der Waals surface area contributed by atoms with E-state index in [0.29, 0.717) is 0 Å². The highest BCUT2D eigenvalue weighted by Gasteiger charge is 2.07. The fraction of sp³-hybridized carbons (Fsp3) is 0.471. The van der Waals surface area contributed by atoms with E-state index < -0.39 is 0 Å². The topological polar surface area (TPSA) is 32.9 Å². The predicted molar refractivity (Wildman–Crippen MR) is 81.8 cm³/mol. The second-order valence-electron chi connectivity index (χ2n) is 5.27. The number of aromatic amines is 1. The standard InChI is InChI=1S/C17H23NO/c1-3-4-5-6-7-11-15-13(2)17(19)14-10-8-9-12-16(14)18-15/h8-10,12H,3-7,11H2,1-2H3,(H,18,19). The molecule has 0 bridgehead atoms. The number of aromatic nitrogens is 1. The summed E-state index contributed by atoms with van der Waals surface area (Å²) in [6, 6.07) is 7.77. The number of unbranched alkanes of at least 4 members (excludes halogenated alkanes) is 4. The number of nitrogens with one attached hydrogen (secondary N) is 1. The molecule has 1 heterocycles. The van der Waals surface area contributed by atoms with Gasteiger partial charge in [0.15, 0.2) is 5.43 Å². The van der Waals surface area contributed by atoms with Crippen LogP contribution in [0, 0.1) is 6.92 Å². The molecule has 0 aliphatic carbocycles. The maximum absolute atomic E-state index is 12.3. The van der Waals surface area contributed by atoms with Crippen molar-refractivity contribution >= 4 is 10.9 Å². The van der Waals surface area contributed by atoms with Crippen LogP contribution in [0.1, 0.15) is 50.3 Å². The van der Waals surface area contributed by atoms with E-state index in [1.807, 2.05) is 31.2 Å². The van der Waals surface area contributed by atoms with E-state index in [4.69, 9.17) is 0 Å². The summed E-state index contributed by atoms with van der Waals surface area (Å²) in [7, 11) is 0. The molecular weight excluding hydrogens is 234 g/mol. The van der Waals surface area contributed by atoms with Crippen LogP contribution in [-0.2, 0) is 6.42 Å². The molecule has 0 unspecified atom stereocenters. The summed E-state index contributed by atoms with van der Waals surface area (Å²) < 4.78 is 0. The first kappa shape index (κ1) is 13.9. The molecule has 0 aliphatic heterocycles. The van der Waals surface area contributed by atoms with E-state index >= 15 is 0 Å². The number of aryl methyl sites for hydroxylation is 1. The minimum absolute atomic E-state index is 0.179. The lowest BCUT2D eigenvalue weighted by molar-refractivity contribution is 0.627. The van der Waals surface area contributed by atoms with Gasteiger partial charge in [0.2, 0.25) is 0 Å². The van der Waals surface area contributed by atoms with Gasteiger partial charge < -0.3 is 4.98 Å². The van der Waals surface area contributed by atoms with E-state index in [2.05, 4.69) is 11.9 Å². The minimum atomic E-state index is 0.179. The van der Waals surface area contributed by atoms with Gasteiger partial charge in [-0.25, -0.2) is 0 Å². The number of fused-ring (bicyclic) bond motifs is 1. The van der Waals surface area contributed by atoms with Crippen molar-refractivity contribution < 1.29 is 0 Å². The molecule has 2 nitrogen and oxygen atoms in total. The molecule has 0 aliphatic rings. The van der Waals surface area contributed by atoms with Crippen LogP contribution in [0.4, 0.5) is 0 Å². The summed E-state index contributed by atoms with van der Waals surface area (Å²) in [4.78, 5) is 15.7. The zero-order valence-electron chi connectivity index (χ0n) is 12.0. The zero-order chi connectivity index (χ0) is 13.7. The van der Waals surface area contributed by atoms with E-state index in [-0.39, 0.29) is 5.43 Å². The van der Waals surface area contributed by atoms with Crippen LogP contribution >= 0.6 is 0 Å². The molecule has 102 valence electrons. The molecule has 0 saturated heterocycles. The van der Waals surface area contributed by atoms with Crippen molar-refractivity contribution in [2.75, 3.05) is 0 Å². The Kier molecular flexibility index (Phi) is 4.78. The third-order valence-corrected chi connectivity index (χ3v) is 3.78. The molecule has 0 saturated carbocycles. The number of benzene rings is 1. The van der Waals surface area contributed by atoms with Crippen LogP contribution in [-0.4, -0.2) is 4.98 Å². The maximum Gasteiger partial charge on any atom is 0.192 e. The highest BCUT2D eigenvalue weighted by atomic mass is 16.1. The van der Waals surface area contributed by atoms with Crippen molar-refractivity contribution in [3.05, 3.63) is 45.7 Å². The Morgan fingerprint density at radius 2 is 1.79 bits per heavy atom. The van der Waals surface area contributed by atoms with Crippen LogP contribution in [0.3, 0.4) is 0 Å². The van der Waals surface area contributed by atoms with Gasteiger partial charge in [0.25, 0.3) is 0 Å². The van der Waals surface area contributed by atoms with Crippen molar-refractivity contribution in [1.82, 2.24) is 4.98 Å². The fourth-order valence-corrected chi connectivity index (χ4v) is 2.54. The fourth-order valence-electron chi connectivity index (χ4n) is 2.54. The number of para-hydroxylation sites is 1. The van der Waals surface area contributed by atoms with Gasteiger partial charge in [-0.3, -0.25) is 4.79 Å².